The molecule has 1 aliphatic rings. The van der Waals surface area contributed by atoms with Gasteiger partial charge in [-0.05, 0) is 46.8 Å². The molecule has 42 heavy (non-hydrogen) atoms. The number of para-hydroxylation sites is 1. The summed E-state index contributed by atoms with van der Waals surface area (Å²) in [6.45, 7) is 3.71. The Balaban J connectivity index is 1.15. The van der Waals surface area contributed by atoms with Crippen LogP contribution in [0.3, 0.4) is 0 Å². The third kappa shape index (κ3) is 7.41. The fourth-order valence-electron chi connectivity index (χ4n) is 5.73. The highest BCUT2D eigenvalue weighted by Crippen LogP contribution is 2.34. The second-order valence-corrected chi connectivity index (χ2v) is 10.6. The maximum Gasteiger partial charge on any atom is 0.127 e. The Morgan fingerprint density at radius 1 is 0.810 bits per heavy atom. The number of aliphatic hydroxyl groups is 1. The summed E-state index contributed by atoms with van der Waals surface area (Å²) in [7, 11) is 3.37. The number of hydrogen-bond donors (Lipinski definition) is 2. The van der Waals surface area contributed by atoms with Crippen LogP contribution in [-0.4, -0.2) is 58.3 Å². The summed E-state index contributed by atoms with van der Waals surface area (Å²) in [5.74, 6) is 2.63. The van der Waals surface area contributed by atoms with Gasteiger partial charge in [-0.2, -0.15) is 0 Å². The average molecular weight is 572 g/mol. The minimum Gasteiger partial charge on any atom is -0.496 e. The van der Waals surface area contributed by atoms with Crippen LogP contribution in [0.4, 0.5) is 0 Å². The fraction of sp³-hybridized carbons (Fsp3) is 0.371. The van der Waals surface area contributed by atoms with Gasteiger partial charge in [-0.3, -0.25) is 0 Å². The molecule has 1 fully saturated rings. The molecule has 3 atom stereocenters. The van der Waals surface area contributed by atoms with Crippen LogP contribution in [-0.2, 0) is 22.7 Å². The van der Waals surface area contributed by atoms with Crippen LogP contribution in [0.2, 0.25) is 0 Å². The zero-order chi connectivity index (χ0) is 29.1. The monoisotopic (exact) mass is 571 g/mol. The molecule has 0 radical (unpaired) electrons. The molecule has 0 aliphatic carbocycles. The summed E-state index contributed by atoms with van der Waals surface area (Å²) in [6.07, 6.45) is 0.702. The number of methoxy groups -OCH3 is 2. The van der Waals surface area contributed by atoms with Crippen molar-refractivity contribution in [2.45, 2.75) is 31.7 Å². The Labute approximate surface area is 248 Å². The largest absolute Gasteiger partial charge is 0.496 e. The van der Waals surface area contributed by atoms with E-state index in [0.29, 0.717) is 26.4 Å². The molecule has 4 aromatic carbocycles. The van der Waals surface area contributed by atoms with E-state index in [2.05, 4.69) is 35.6 Å². The van der Waals surface area contributed by atoms with Gasteiger partial charge in [0.05, 0.1) is 46.8 Å². The number of rotatable bonds is 14. The molecule has 5 rings (SSSR count). The molecule has 7 nitrogen and oxygen atoms in total. The van der Waals surface area contributed by atoms with Crippen molar-refractivity contribution in [2.75, 3.05) is 47.1 Å². The van der Waals surface area contributed by atoms with E-state index in [-0.39, 0.29) is 24.5 Å². The van der Waals surface area contributed by atoms with E-state index in [1.165, 1.54) is 0 Å². The SMILES string of the molecule is COc1ccccc1COCCCOc1ccc([C@H]2[C@H](CO)CNC[C@@H]2OCc2cc(OC)c3ccccc3c2)cc1. The highest BCUT2D eigenvalue weighted by atomic mass is 16.5. The smallest absolute Gasteiger partial charge is 0.127 e. The quantitative estimate of drug-likeness (QED) is 0.187. The van der Waals surface area contributed by atoms with Crippen LogP contribution in [0.15, 0.2) is 84.9 Å². The van der Waals surface area contributed by atoms with E-state index in [0.717, 1.165) is 64.2 Å². The van der Waals surface area contributed by atoms with E-state index in [9.17, 15) is 5.11 Å². The second-order valence-electron chi connectivity index (χ2n) is 10.6. The van der Waals surface area contributed by atoms with Crippen molar-refractivity contribution in [1.82, 2.24) is 5.32 Å². The number of ether oxygens (including phenoxy) is 5. The van der Waals surface area contributed by atoms with Crippen LogP contribution in [0.1, 0.15) is 29.0 Å². The lowest BCUT2D eigenvalue weighted by atomic mass is 9.79. The second kappa shape index (κ2) is 15.0. The van der Waals surface area contributed by atoms with Crippen molar-refractivity contribution in [2.24, 2.45) is 5.92 Å². The first kappa shape index (κ1) is 29.9. The van der Waals surface area contributed by atoms with Gasteiger partial charge in [0.1, 0.15) is 17.2 Å². The molecule has 1 aliphatic heterocycles. The van der Waals surface area contributed by atoms with E-state index in [4.69, 9.17) is 23.7 Å². The number of fused-ring (bicyclic) bond motifs is 1. The molecule has 0 amide bonds. The maximum atomic E-state index is 10.2. The topological polar surface area (TPSA) is 78.4 Å². The van der Waals surface area contributed by atoms with E-state index < -0.39 is 0 Å². The minimum atomic E-state index is -0.0829. The summed E-state index contributed by atoms with van der Waals surface area (Å²) in [5, 5.41) is 15.9. The average Bonchev–Trinajstić information content (AvgIpc) is 3.05. The van der Waals surface area contributed by atoms with Crippen molar-refractivity contribution in [3.8, 4) is 17.2 Å². The molecule has 1 saturated heterocycles. The van der Waals surface area contributed by atoms with Gasteiger partial charge in [0.15, 0.2) is 0 Å². The van der Waals surface area contributed by atoms with Crippen molar-refractivity contribution in [3.63, 3.8) is 0 Å². The molecular formula is C35H41NO6. The van der Waals surface area contributed by atoms with Gasteiger partial charge in [-0.25, -0.2) is 0 Å². The highest BCUT2D eigenvalue weighted by molar-refractivity contribution is 5.89. The maximum absolute atomic E-state index is 10.2. The Bertz CT molecular complexity index is 1410. The lowest BCUT2D eigenvalue weighted by Crippen LogP contribution is -2.47. The molecule has 2 N–H and O–H groups in total. The molecule has 7 heteroatoms. The first-order chi connectivity index (χ1) is 20.7. The molecule has 0 unspecified atom stereocenters. The lowest BCUT2D eigenvalue weighted by molar-refractivity contribution is -0.0151. The van der Waals surface area contributed by atoms with Gasteiger partial charge >= 0.3 is 0 Å². The van der Waals surface area contributed by atoms with Gasteiger partial charge < -0.3 is 34.1 Å². The fourth-order valence-corrected chi connectivity index (χ4v) is 5.73. The number of hydrogen-bond acceptors (Lipinski definition) is 7. The van der Waals surface area contributed by atoms with Gasteiger partial charge in [0.2, 0.25) is 0 Å². The minimum absolute atomic E-state index is 0.0574. The van der Waals surface area contributed by atoms with Gasteiger partial charge in [-0.1, -0.05) is 54.6 Å². The summed E-state index contributed by atoms with van der Waals surface area (Å²) in [5.41, 5.74) is 3.24. The molecule has 0 saturated carbocycles. The predicted octanol–water partition coefficient (Wildman–Crippen LogP) is 5.72. The van der Waals surface area contributed by atoms with Crippen LogP contribution in [0.25, 0.3) is 10.8 Å². The summed E-state index contributed by atoms with van der Waals surface area (Å²) in [6, 6.07) is 28.5. The molecular weight excluding hydrogens is 530 g/mol. The van der Waals surface area contributed by atoms with Crippen molar-refractivity contribution in [3.05, 3.63) is 102 Å². The van der Waals surface area contributed by atoms with Crippen molar-refractivity contribution < 1.29 is 28.8 Å². The van der Waals surface area contributed by atoms with Gasteiger partial charge in [-0.15, -0.1) is 0 Å². The van der Waals surface area contributed by atoms with Gasteiger partial charge in [0, 0.05) is 48.9 Å². The van der Waals surface area contributed by atoms with E-state index in [1.54, 1.807) is 14.2 Å². The third-order valence-corrected chi connectivity index (χ3v) is 7.88. The number of benzene rings is 4. The number of nitrogens with one attached hydrogen (secondary N) is 1. The van der Waals surface area contributed by atoms with Crippen LogP contribution in [0, 0.1) is 5.92 Å². The summed E-state index contributed by atoms with van der Waals surface area (Å²) < 4.78 is 29.3. The molecule has 0 bridgehead atoms. The number of aliphatic hydroxyl groups excluding tert-OH is 1. The van der Waals surface area contributed by atoms with Crippen LogP contribution < -0.4 is 19.5 Å². The Morgan fingerprint density at radius 3 is 2.40 bits per heavy atom. The molecule has 0 aromatic heterocycles. The van der Waals surface area contributed by atoms with Gasteiger partial charge in [0.25, 0.3) is 0 Å². The zero-order valence-electron chi connectivity index (χ0n) is 24.5. The van der Waals surface area contributed by atoms with E-state index >= 15 is 0 Å². The number of piperidine rings is 1. The van der Waals surface area contributed by atoms with Crippen molar-refractivity contribution in [1.29, 1.82) is 0 Å². The molecule has 1 heterocycles. The van der Waals surface area contributed by atoms with E-state index in [1.807, 2.05) is 54.6 Å². The van der Waals surface area contributed by atoms with Crippen molar-refractivity contribution >= 4 is 10.8 Å². The summed E-state index contributed by atoms with van der Waals surface area (Å²) in [4.78, 5) is 0. The Morgan fingerprint density at radius 2 is 1.60 bits per heavy atom. The van der Waals surface area contributed by atoms with Crippen LogP contribution >= 0.6 is 0 Å². The normalized spacial score (nSPS) is 18.6. The summed E-state index contributed by atoms with van der Waals surface area (Å²) >= 11 is 0. The highest BCUT2D eigenvalue weighted by Gasteiger charge is 2.35. The Hall–Kier alpha value is -3.62. The predicted molar refractivity (Wildman–Crippen MR) is 164 cm³/mol. The standard InChI is InChI=1S/C35H41NO6/c1-38-32-11-6-4-9-28(32)24-40-16-7-17-41-30-14-12-26(13-15-30)35-29(22-37)20-36-21-34(35)42-23-25-18-27-8-3-5-10-31(27)33(19-25)39-2/h3-6,8-15,18-19,29,34-37H,7,16-17,20-24H2,1-2H3/t29-,34-,35-/m0/s1. The first-order valence-electron chi connectivity index (χ1n) is 14.6. The zero-order valence-corrected chi connectivity index (χ0v) is 24.5. The Kier molecular flexibility index (Phi) is 10.7. The first-order valence-corrected chi connectivity index (χ1v) is 14.6. The third-order valence-electron chi connectivity index (χ3n) is 7.88. The van der Waals surface area contributed by atoms with Crippen LogP contribution in [0.5, 0.6) is 17.2 Å². The lowest BCUT2D eigenvalue weighted by Gasteiger charge is -2.38. The molecule has 222 valence electrons. The molecule has 0 spiro atoms. The molecule has 4 aromatic rings.